The summed E-state index contributed by atoms with van der Waals surface area (Å²) >= 11 is 6.08. The molecule has 0 atom stereocenters. The SMILES string of the molecule is CC(=O)NCCNc1cc(N2CCN(C/C=C/C=C/c3ccccc3)CC2)nc(-c2ccc(Cl)cc2)n1. The van der Waals surface area contributed by atoms with Crippen molar-refractivity contribution in [3.05, 3.63) is 89.5 Å². The van der Waals surface area contributed by atoms with E-state index in [2.05, 4.69) is 56.9 Å². The zero-order chi connectivity index (χ0) is 25.9. The predicted molar refractivity (Wildman–Crippen MR) is 153 cm³/mol. The highest BCUT2D eigenvalue weighted by molar-refractivity contribution is 6.30. The summed E-state index contributed by atoms with van der Waals surface area (Å²) in [5.74, 6) is 2.22. The summed E-state index contributed by atoms with van der Waals surface area (Å²) in [6, 6.07) is 19.8. The molecule has 8 heteroatoms. The van der Waals surface area contributed by atoms with Crippen LogP contribution in [0, 0.1) is 0 Å². The first-order valence-electron chi connectivity index (χ1n) is 12.6. The highest BCUT2D eigenvalue weighted by Crippen LogP contribution is 2.24. The number of piperazine rings is 1. The van der Waals surface area contributed by atoms with Crippen LogP contribution in [0.25, 0.3) is 17.5 Å². The van der Waals surface area contributed by atoms with Crippen molar-refractivity contribution in [3.8, 4) is 11.4 Å². The number of rotatable bonds is 10. The van der Waals surface area contributed by atoms with Gasteiger partial charge in [0.1, 0.15) is 11.6 Å². The minimum absolute atomic E-state index is 0.0491. The molecule has 1 saturated heterocycles. The fraction of sp³-hybridized carbons (Fsp3) is 0.276. The molecule has 37 heavy (non-hydrogen) atoms. The maximum Gasteiger partial charge on any atom is 0.216 e. The number of benzene rings is 2. The largest absolute Gasteiger partial charge is 0.368 e. The van der Waals surface area contributed by atoms with E-state index in [1.165, 1.54) is 12.5 Å². The summed E-state index contributed by atoms with van der Waals surface area (Å²) in [6.07, 6.45) is 8.52. The lowest BCUT2D eigenvalue weighted by molar-refractivity contribution is -0.118. The second kappa shape index (κ2) is 13.6. The van der Waals surface area contributed by atoms with Gasteiger partial charge in [-0.25, -0.2) is 9.97 Å². The molecule has 4 rings (SSSR count). The van der Waals surface area contributed by atoms with Crippen molar-refractivity contribution in [2.75, 3.05) is 56.0 Å². The molecule has 3 aromatic rings. The quantitative estimate of drug-likeness (QED) is 0.299. The lowest BCUT2D eigenvalue weighted by Crippen LogP contribution is -2.46. The van der Waals surface area contributed by atoms with Gasteiger partial charge in [-0.1, -0.05) is 66.2 Å². The number of amides is 1. The van der Waals surface area contributed by atoms with E-state index in [0.29, 0.717) is 23.9 Å². The van der Waals surface area contributed by atoms with Gasteiger partial charge in [0.15, 0.2) is 5.82 Å². The molecule has 1 aromatic heterocycles. The Labute approximate surface area is 223 Å². The predicted octanol–water partition coefficient (Wildman–Crippen LogP) is 4.74. The third-order valence-corrected chi connectivity index (χ3v) is 6.27. The van der Waals surface area contributed by atoms with Gasteiger partial charge in [0.2, 0.25) is 5.91 Å². The van der Waals surface area contributed by atoms with Gasteiger partial charge in [-0.05, 0) is 29.8 Å². The molecule has 1 amide bonds. The number of nitrogens with one attached hydrogen (secondary N) is 2. The van der Waals surface area contributed by atoms with Gasteiger partial charge in [-0.15, -0.1) is 0 Å². The van der Waals surface area contributed by atoms with Crippen molar-refractivity contribution in [2.24, 2.45) is 0 Å². The van der Waals surface area contributed by atoms with Crippen molar-refractivity contribution < 1.29 is 4.79 Å². The summed E-state index contributed by atoms with van der Waals surface area (Å²) in [6.45, 7) is 7.22. The molecular weight excluding hydrogens is 484 g/mol. The van der Waals surface area contributed by atoms with Crippen LogP contribution >= 0.6 is 11.6 Å². The van der Waals surface area contributed by atoms with E-state index in [1.807, 2.05) is 48.5 Å². The summed E-state index contributed by atoms with van der Waals surface area (Å²) in [4.78, 5) is 25.5. The Morgan fingerprint density at radius 1 is 0.973 bits per heavy atom. The maximum atomic E-state index is 11.2. The van der Waals surface area contributed by atoms with E-state index in [0.717, 1.165) is 49.9 Å². The first kappa shape index (κ1) is 26.4. The third kappa shape index (κ3) is 8.44. The Bertz CT molecular complexity index is 1200. The molecule has 0 aliphatic carbocycles. The Morgan fingerprint density at radius 3 is 2.46 bits per heavy atom. The van der Waals surface area contributed by atoms with Gasteiger partial charge in [-0.3, -0.25) is 9.69 Å². The number of hydrogen-bond donors (Lipinski definition) is 2. The number of allylic oxidation sites excluding steroid dienone is 2. The number of hydrogen-bond acceptors (Lipinski definition) is 6. The average Bonchev–Trinajstić information content (AvgIpc) is 2.92. The second-order valence-electron chi connectivity index (χ2n) is 8.84. The van der Waals surface area contributed by atoms with E-state index in [1.54, 1.807) is 0 Å². The first-order valence-corrected chi connectivity index (χ1v) is 12.9. The minimum atomic E-state index is -0.0491. The topological polar surface area (TPSA) is 73.4 Å². The van der Waals surface area contributed by atoms with Gasteiger partial charge in [-0.2, -0.15) is 0 Å². The van der Waals surface area contributed by atoms with E-state index in [9.17, 15) is 4.79 Å². The lowest BCUT2D eigenvalue weighted by atomic mass is 10.2. The van der Waals surface area contributed by atoms with Crippen LogP contribution in [-0.2, 0) is 4.79 Å². The molecule has 0 bridgehead atoms. The number of carbonyl (C=O) groups excluding carboxylic acids is 1. The van der Waals surface area contributed by atoms with Crippen LogP contribution < -0.4 is 15.5 Å². The van der Waals surface area contributed by atoms with Gasteiger partial charge < -0.3 is 15.5 Å². The van der Waals surface area contributed by atoms with Crippen LogP contribution in [0.5, 0.6) is 0 Å². The normalized spacial score (nSPS) is 14.4. The van der Waals surface area contributed by atoms with Crippen LogP contribution in [0.2, 0.25) is 5.02 Å². The summed E-state index contributed by atoms with van der Waals surface area (Å²) in [7, 11) is 0. The molecule has 192 valence electrons. The van der Waals surface area contributed by atoms with Crippen molar-refractivity contribution in [3.63, 3.8) is 0 Å². The number of nitrogens with zero attached hydrogens (tertiary/aromatic N) is 4. The number of carbonyl (C=O) groups is 1. The van der Waals surface area contributed by atoms with Gasteiger partial charge >= 0.3 is 0 Å². The highest BCUT2D eigenvalue weighted by atomic mass is 35.5. The van der Waals surface area contributed by atoms with Crippen molar-refractivity contribution in [1.29, 1.82) is 0 Å². The fourth-order valence-electron chi connectivity index (χ4n) is 4.02. The number of aromatic nitrogens is 2. The first-order chi connectivity index (χ1) is 18.1. The van der Waals surface area contributed by atoms with Crippen LogP contribution in [0.15, 0.2) is 78.9 Å². The fourth-order valence-corrected chi connectivity index (χ4v) is 4.15. The molecule has 7 nitrogen and oxygen atoms in total. The van der Waals surface area contributed by atoms with Crippen molar-refractivity contribution in [1.82, 2.24) is 20.2 Å². The number of anilines is 2. The van der Waals surface area contributed by atoms with Crippen LogP contribution in [0.4, 0.5) is 11.6 Å². The van der Waals surface area contributed by atoms with E-state index in [-0.39, 0.29) is 5.91 Å². The van der Waals surface area contributed by atoms with E-state index in [4.69, 9.17) is 21.6 Å². The standard InChI is InChI=1S/C29H33ClN6O/c1-23(37)31-15-16-32-27-22-28(34-29(33-27)25-11-13-26(30)14-12-25)36-20-18-35(19-21-36)17-7-3-6-10-24-8-4-2-5-9-24/h2-14,22H,15-21H2,1H3,(H,31,37)(H,32,33,34)/b7-3+,10-6+. The summed E-state index contributed by atoms with van der Waals surface area (Å²) < 4.78 is 0. The van der Waals surface area contributed by atoms with Crippen LogP contribution in [0.3, 0.4) is 0 Å². The molecular formula is C29H33ClN6O. The second-order valence-corrected chi connectivity index (χ2v) is 9.27. The molecule has 1 aliphatic rings. The molecule has 0 spiro atoms. The zero-order valence-electron chi connectivity index (χ0n) is 21.1. The summed E-state index contributed by atoms with van der Waals surface area (Å²) in [5.41, 5.74) is 2.11. The Hall–Kier alpha value is -3.68. The molecule has 0 radical (unpaired) electrons. The average molecular weight is 517 g/mol. The Balaban J connectivity index is 1.37. The third-order valence-electron chi connectivity index (χ3n) is 6.02. The van der Waals surface area contributed by atoms with Crippen LogP contribution in [0.1, 0.15) is 12.5 Å². The maximum absolute atomic E-state index is 11.2. The minimum Gasteiger partial charge on any atom is -0.368 e. The van der Waals surface area contributed by atoms with Gasteiger partial charge in [0, 0.05) is 69.4 Å². The number of halogens is 1. The molecule has 1 fully saturated rings. The van der Waals surface area contributed by atoms with Crippen molar-refractivity contribution >= 4 is 35.2 Å². The van der Waals surface area contributed by atoms with Crippen molar-refractivity contribution in [2.45, 2.75) is 6.92 Å². The van der Waals surface area contributed by atoms with Crippen LogP contribution in [-0.4, -0.2) is 66.6 Å². The van der Waals surface area contributed by atoms with Gasteiger partial charge in [0.25, 0.3) is 0 Å². The monoisotopic (exact) mass is 516 g/mol. The Kier molecular flexibility index (Phi) is 9.68. The molecule has 0 unspecified atom stereocenters. The van der Waals surface area contributed by atoms with Gasteiger partial charge in [0.05, 0.1) is 0 Å². The highest BCUT2D eigenvalue weighted by Gasteiger charge is 2.19. The molecule has 2 heterocycles. The molecule has 0 saturated carbocycles. The van der Waals surface area contributed by atoms with E-state index < -0.39 is 0 Å². The molecule has 1 aliphatic heterocycles. The van der Waals surface area contributed by atoms with E-state index >= 15 is 0 Å². The Morgan fingerprint density at radius 2 is 1.73 bits per heavy atom. The summed E-state index contributed by atoms with van der Waals surface area (Å²) in [5, 5.41) is 6.79. The zero-order valence-corrected chi connectivity index (χ0v) is 21.9. The molecule has 2 aromatic carbocycles. The lowest BCUT2D eigenvalue weighted by Gasteiger charge is -2.35. The smallest absolute Gasteiger partial charge is 0.216 e. The molecule has 2 N–H and O–H groups in total.